The second kappa shape index (κ2) is 6.41. The van der Waals surface area contributed by atoms with Crippen molar-refractivity contribution in [3.05, 3.63) is 59.6 Å². The maximum absolute atomic E-state index is 5.38. The highest BCUT2D eigenvalue weighted by Gasteiger charge is 2.12. The summed E-state index contributed by atoms with van der Waals surface area (Å²) in [7, 11) is 0. The van der Waals surface area contributed by atoms with E-state index in [0.29, 0.717) is 5.82 Å². The molecule has 1 N–H and O–H groups in total. The van der Waals surface area contributed by atoms with Crippen molar-refractivity contribution < 1.29 is 4.42 Å². The van der Waals surface area contributed by atoms with Crippen LogP contribution in [0.5, 0.6) is 0 Å². The van der Waals surface area contributed by atoms with Crippen LogP contribution in [0.15, 0.2) is 53.4 Å². The largest absolute Gasteiger partial charge is 0.469 e. The van der Waals surface area contributed by atoms with Gasteiger partial charge in [0.05, 0.1) is 11.6 Å². The number of anilines is 1. The number of furan rings is 1. The molecule has 0 unspecified atom stereocenters. The molecule has 0 atom stereocenters. The number of hydrogen-bond donors (Lipinski definition) is 1. The number of aryl methyl sites for hydroxylation is 1. The third-order valence-electron chi connectivity index (χ3n) is 3.68. The van der Waals surface area contributed by atoms with E-state index in [1.54, 1.807) is 30.0 Å². The Morgan fingerprint density at radius 3 is 2.96 bits per heavy atom. The summed E-state index contributed by atoms with van der Waals surface area (Å²) in [6.07, 6.45) is 6.04. The van der Waals surface area contributed by atoms with E-state index >= 15 is 0 Å². The molecule has 0 fully saturated rings. The minimum atomic E-state index is 0.693. The number of hydrogen-bond acceptors (Lipinski definition) is 6. The van der Waals surface area contributed by atoms with Crippen LogP contribution in [0.4, 0.5) is 5.82 Å². The highest BCUT2D eigenvalue weighted by atomic mass is 32.1. The van der Waals surface area contributed by atoms with Crippen molar-refractivity contribution in [2.24, 2.45) is 0 Å². The molecule has 120 valence electrons. The van der Waals surface area contributed by atoms with Gasteiger partial charge in [0.2, 0.25) is 0 Å². The minimum absolute atomic E-state index is 0.693. The first kappa shape index (κ1) is 14.8. The average molecular weight is 336 g/mol. The lowest BCUT2D eigenvalue weighted by molar-refractivity contribution is 0.513. The summed E-state index contributed by atoms with van der Waals surface area (Å²) >= 11 is 1.68. The van der Waals surface area contributed by atoms with Crippen LogP contribution in [-0.4, -0.2) is 21.5 Å². The van der Waals surface area contributed by atoms with Crippen LogP contribution in [0.2, 0.25) is 0 Å². The smallest absolute Gasteiger partial charge is 0.164 e. The van der Waals surface area contributed by atoms with Gasteiger partial charge in [-0.1, -0.05) is 0 Å². The third-order valence-corrected chi connectivity index (χ3v) is 4.62. The van der Waals surface area contributed by atoms with Gasteiger partial charge in [-0.3, -0.25) is 4.98 Å². The van der Waals surface area contributed by atoms with E-state index in [1.807, 2.05) is 24.3 Å². The average Bonchev–Trinajstić information content (AvgIpc) is 3.24. The first-order valence-corrected chi connectivity index (χ1v) is 8.56. The number of rotatable bonds is 5. The Morgan fingerprint density at radius 2 is 2.17 bits per heavy atom. The molecule has 0 aromatic carbocycles. The number of nitrogens with zero attached hydrogens (tertiary/aromatic N) is 3. The first-order valence-electron chi connectivity index (χ1n) is 7.74. The van der Waals surface area contributed by atoms with E-state index < -0.39 is 0 Å². The monoisotopic (exact) mass is 336 g/mol. The molecular formula is C18H16N4OS. The van der Waals surface area contributed by atoms with Crippen LogP contribution in [-0.2, 0) is 6.42 Å². The second-order valence-corrected chi connectivity index (χ2v) is 6.70. The van der Waals surface area contributed by atoms with Crippen molar-refractivity contribution in [2.45, 2.75) is 13.3 Å². The lowest BCUT2D eigenvalue weighted by Crippen LogP contribution is -2.07. The van der Waals surface area contributed by atoms with Crippen molar-refractivity contribution in [3.8, 4) is 11.4 Å². The van der Waals surface area contributed by atoms with Gasteiger partial charge in [-0.15, -0.1) is 11.3 Å². The molecule has 0 saturated carbocycles. The molecule has 0 aliphatic carbocycles. The Morgan fingerprint density at radius 1 is 1.21 bits per heavy atom. The topological polar surface area (TPSA) is 63.8 Å². The molecule has 5 nitrogen and oxygen atoms in total. The van der Waals surface area contributed by atoms with Crippen LogP contribution in [0, 0.1) is 6.92 Å². The van der Waals surface area contributed by atoms with Gasteiger partial charge in [-0.05, 0) is 37.3 Å². The summed E-state index contributed by atoms with van der Waals surface area (Å²) in [5.41, 5.74) is 0.916. The summed E-state index contributed by atoms with van der Waals surface area (Å²) in [5.74, 6) is 2.51. The van der Waals surface area contributed by atoms with Gasteiger partial charge in [0.25, 0.3) is 0 Å². The van der Waals surface area contributed by atoms with E-state index in [-0.39, 0.29) is 0 Å². The molecule has 0 radical (unpaired) electrons. The van der Waals surface area contributed by atoms with E-state index in [0.717, 1.165) is 40.3 Å². The number of pyridine rings is 1. The maximum atomic E-state index is 5.38. The molecule has 0 aliphatic rings. The summed E-state index contributed by atoms with van der Waals surface area (Å²) in [4.78, 5) is 15.8. The molecule has 4 heterocycles. The number of thiophene rings is 1. The summed E-state index contributed by atoms with van der Waals surface area (Å²) in [6.45, 7) is 2.84. The Balaban J connectivity index is 1.67. The van der Waals surface area contributed by atoms with E-state index in [2.05, 4.69) is 23.3 Å². The molecule has 24 heavy (non-hydrogen) atoms. The third kappa shape index (κ3) is 3.00. The molecule has 4 rings (SSSR count). The Labute approximate surface area is 143 Å². The molecule has 6 heteroatoms. The zero-order valence-corrected chi connectivity index (χ0v) is 14.0. The predicted octanol–water partition coefficient (Wildman–Crippen LogP) is 4.31. The van der Waals surface area contributed by atoms with Crippen molar-refractivity contribution >= 4 is 27.4 Å². The predicted molar refractivity (Wildman–Crippen MR) is 96.3 cm³/mol. The van der Waals surface area contributed by atoms with Gasteiger partial charge in [-0.2, -0.15) is 0 Å². The highest BCUT2D eigenvalue weighted by molar-refractivity contribution is 7.18. The first-order chi connectivity index (χ1) is 11.8. The standard InChI is InChI=1S/C18H16N4OS/c1-12-10-15-17(20-8-6-14-5-3-9-23-14)21-16(22-18(15)24-12)13-4-2-7-19-11-13/h2-5,7,9-11H,6,8H2,1H3,(H,20,21,22). The Bertz CT molecular complexity index is 948. The van der Waals surface area contributed by atoms with Crippen molar-refractivity contribution in [1.29, 1.82) is 0 Å². The van der Waals surface area contributed by atoms with Crippen LogP contribution in [0.1, 0.15) is 10.6 Å². The quantitative estimate of drug-likeness (QED) is 0.588. The fourth-order valence-electron chi connectivity index (χ4n) is 2.56. The summed E-state index contributed by atoms with van der Waals surface area (Å²) in [5, 5.41) is 4.48. The zero-order chi connectivity index (χ0) is 16.4. The minimum Gasteiger partial charge on any atom is -0.469 e. The fraction of sp³-hybridized carbons (Fsp3) is 0.167. The maximum Gasteiger partial charge on any atom is 0.164 e. The van der Waals surface area contributed by atoms with Gasteiger partial charge in [0.1, 0.15) is 16.4 Å². The van der Waals surface area contributed by atoms with Crippen LogP contribution in [0.3, 0.4) is 0 Å². The van der Waals surface area contributed by atoms with E-state index in [9.17, 15) is 0 Å². The Hall–Kier alpha value is -2.73. The van der Waals surface area contributed by atoms with Crippen molar-refractivity contribution in [2.75, 3.05) is 11.9 Å². The molecule has 4 aromatic heterocycles. The van der Waals surface area contributed by atoms with Crippen LogP contribution >= 0.6 is 11.3 Å². The lowest BCUT2D eigenvalue weighted by Gasteiger charge is -2.08. The van der Waals surface area contributed by atoms with Gasteiger partial charge in [0.15, 0.2) is 5.82 Å². The SMILES string of the molecule is Cc1cc2c(NCCc3ccco3)nc(-c3cccnc3)nc2s1. The highest BCUT2D eigenvalue weighted by Crippen LogP contribution is 2.30. The van der Waals surface area contributed by atoms with E-state index in [1.165, 1.54) is 4.88 Å². The normalized spacial score (nSPS) is 11.0. The molecule has 0 bridgehead atoms. The number of aromatic nitrogens is 3. The second-order valence-electron chi connectivity index (χ2n) is 5.47. The van der Waals surface area contributed by atoms with Gasteiger partial charge < -0.3 is 9.73 Å². The summed E-state index contributed by atoms with van der Waals surface area (Å²) in [6, 6.07) is 9.88. The lowest BCUT2D eigenvalue weighted by atomic mass is 10.2. The van der Waals surface area contributed by atoms with Gasteiger partial charge in [-0.25, -0.2) is 9.97 Å². The number of nitrogens with one attached hydrogen (secondary N) is 1. The molecule has 4 aromatic rings. The molecule has 0 amide bonds. The van der Waals surface area contributed by atoms with Gasteiger partial charge in [0, 0.05) is 35.8 Å². The number of fused-ring (bicyclic) bond motifs is 1. The molecular weight excluding hydrogens is 320 g/mol. The zero-order valence-electron chi connectivity index (χ0n) is 13.2. The molecule has 0 aliphatic heterocycles. The molecule has 0 saturated heterocycles. The van der Waals surface area contributed by atoms with E-state index in [4.69, 9.17) is 14.4 Å². The van der Waals surface area contributed by atoms with Crippen LogP contribution < -0.4 is 5.32 Å². The van der Waals surface area contributed by atoms with Crippen molar-refractivity contribution in [3.63, 3.8) is 0 Å². The molecule has 0 spiro atoms. The Kier molecular flexibility index (Phi) is 3.96. The van der Waals surface area contributed by atoms with Crippen LogP contribution in [0.25, 0.3) is 21.6 Å². The summed E-state index contributed by atoms with van der Waals surface area (Å²) < 4.78 is 5.38. The fourth-order valence-corrected chi connectivity index (χ4v) is 3.44. The van der Waals surface area contributed by atoms with Gasteiger partial charge >= 0.3 is 0 Å². The van der Waals surface area contributed by atoms with Crippen molar-refractivity contribution in [1.82, 2.24) is 15.0 Å².